The second kappa shape index (κ2) is 14.4. The first kappa shape index (κ1) is 35.4. The predicted molar refractivity (Wildman–Crippen MR) is 197 cm³/mol. The Hall–Kier alpha value is -3.45. The highest BCUT2D eigenvalue weighted by atomic mass is 28.4. The molecule has 3 aromatic heterocycles. The molecule has 1 saturated heterocycles. The van der Waals surface area contributed by atoms with Gasteiger partial charge in [0.15, 0.2) is 14.5 Å². The molecule has 0 aliphatic carbocycles. The zero-order chi connectivity index (χ0) is 34.9. The second-order valence-electron chi connectivity index (χ2n) is 15.0. The van der Waals surface area contributed by atoms with Crippen LogP contribution in [0.1, 0.15) is 83.5 Å². The molecule has 2 aliphatic rings. The van der Waals surface area contributed by atoms with Crippen LogP contribution in [0.3, 0.4) is 0 Å². The van der Waals surface area contributed by atoms with E-state index in [1.165, 1.54) is 0 Å². The van der Waals surface area contributed by atoms with Gasteiger partial charge in [-0.15, -0.1) is 5.10 Å². The maximum atomic E-state index is 6.76. The summed E-state index contributed by atoms with van der Waals surface area (Å²) in [5, 5.41) is 16.0. The molecule has 49 heavy (non-hydrogen) atoms. The molecular weight excluding hydrogens is 635 g/mol. The van der Waals surface area contributed by atoms with Crippen LogP contribution < -0.4 is 9.47 Å². The monoisotopic (exact) mass is 689 g/mol. The molecule has 5 heterocycles. The Morgan fingerprint density at radius 1 is 1.06 bits per heavy atom. The lowest BCUT2D eigenvalue weighted by Gasteiger charge is -2.36. The van der Waals surface area contributed by atoms with Gasteiger partial charge in [-0.25, -0.2) is 9.36 Å². The summed E-state index contributed by atoms with van der Waals surface area (Å²) in [6, 6.07) is 6.52. The number of likely N-dealkylation sites (N-methyl/N-ethyl adjacent to an activating group) is 1. The molecule has 12 heteroatoms. The largest absolute Gasteiger partial charge is 0.476 e. The van der Waals surface area contributed by atoms with Gasteiger partial charge in [-0.3, -0.25) is 9.58 Å². The lowest BCUT2D eigenvalue weighted by Crippen LogP contribution is -2.41. The van der Waals surface area contributed by atoms with Gasteiger partial charge in [0.05, 0.1) is 54.0 Å². The third-order valence-electron chi connectivity index (χ3n) is 10.4. The number of rotatable bonds is 8. The molecule has 4 aromatic rings. The Kier molecular flexibility index (Phi) is 10.4. The van der Waals surface area contributed by atoms with Crippen molar-refractivity contribution in [2.24, 2.45) is 7.05 Å². The van der Waals surface area contributed by atoms with Crippen molar-refractivity contribution >= 4 is 31.4 Å². The highest BCUT2D eigenvalue weighted by molar-refractivity contribution is 6.74. The minimum absolute atomic E-state index is 0.0431. The van der Waals surface area contributed by atoms with Crippen LogP contribution in [0.25, 0.3) is 34.2 Å². The molecule has 1 fully saturated rings. The summed E-state index contributed by atoms with van der Waals surface area (Å²) in [5.74, 6) is 1.39. The van der Waals surface area contributed by atoms with E-state index < -0.39 is 8.32 Å². The first-order chi connectivity index (χ1) is 23.4. The Morgan fingerprint density at radius 3 is 2.59 bits per heavy atom. The van der Waals surface area contributed by atoms with Crippen LogP contribution in [0.5, 0.6) is 11.8 Å². The fraction of sp³-hybridized carbons (Fsp3) is 0.595. The molecule has 266 valence electrons. The predicted octanol–water partition coefficient (Wildman–Crippen LogP) is 7.53. The average Bonchev–Trinajstić information content (AvgIpc) is 3.72. The van der Waals surface area contributed by atoms with Crippen LogP contribution >= 0.6 is 0 Å². The highest BCUT2D eigenvalue weighted by Crippen LogP contribution is 2.38. The van der Waals surface area contributed by atoms with E-state index in [-0.39, 0.29) is 17.4 Å². The van der Waals surface area contributed by atoms with E-state index in [2.05, 4.69) is 97.5 Å². The molecule has 0 spiro atoms. The minimum Gasteiger partial charge on any atom is -0.476 e. The van der Waals surface area contributed by atoms with Crippen molar-refractivity contribution in [3.8, 4) is 22.9 Å². The van der Waals surface area contributed by atoms with E-state index in [4.69, 9.17) is 28.8 Å². The molecule has 0 radical (unpaired) electrons. The quantitative estimate of drug-likeness (QED) is 0.175. The van der Waals surface area contributed by atoms with Gasteiger partial charge in [0.1, 0.15) is 6.10 Å². The molecule has 1 unspecified atom stereocenters. The first-order valence-electron chi connectivity index (χ1n) is 18.0. The van der Waals surface area contributed by atoms with E-state index in [9.17, 15) is 0 Å². The number of aryl methyl sites for hydroxylation is 1. The Labute approximate surface area is 292 Å². The summed E-state index contributed by atoms with van der Waals surface area (Å²) < 4.78 is 31.8. The molecule has 2 aliphatic heterocycles. The molecular formula is C37H55N7O4Si. The molecule has 2 atom stereocenters. The molecule has 0 N–H and O–H groups in total. The number of hydrogen-bond donors (Lipinski definition) is 0. The van der Waals surface area contributed by atoms with Gasteiger partial charge < -0.3 is 18.6 Å². The zero-order valence-corrected chi connectivity index (χ0v) is 32.0. The van der Waals surface area contributed by atoms with Crippen LogP contribution in [-0.4, -0.2) is 82.1 Å². The third kappa shape index (κ3) is 7.38. The summed E-state index contributed by atoms with van der Waals surface area (Å²) in [4.78, 5) is 2.31. The van der Waals surface area contributed by atoms with Crippen LogP contribution in [-0.2, 0) is 29.3 Å². The SMILES string of the molecule is CCOc1nn(CCO[Si](C)(C)C(C)(C)C)c2c1/C=C/c1nn(C3CCCCO3)c3ccc(cc13)-c1cnn(C)c1O[C@H](CC)CN(C)C2. The number of aromatic nitrogens is 6. The minimum atomic E-state index is -1.93. The molecule has 0 amide bonds. The Bertz CT molecular complexity index is 1780. The van der Waals surface area contributed by atoms with Gasteiger partial charge in [0.25, 0.3) is 0 Å². The van der Waals surface area contributed by atoms with Gasteiger partial charge in [-0.2, -0.15) is 10.2 Å². The van der Waals surface area contributed by atoms with Gasteiger partial charge >= 0.3 is 0 Å². The van der Waals surface area contributed by atoms with Crippen molar-refractivity contribution in [2.45, 2.75) is 104 Å². The van der Waals surface area contributed by atoms with Crippen molar-refractivity contribution < 1.29 is 18.6 Å². The van der Waals surface area contributed by atoms with E-state index >= 15 is 0 Å². The average molecular weight is 690 g/mol. The van der Waals surface area contributed by atoms with Crippen molar-refractivity contribution in [3.05, 3.63) is 41.3 Å². The van der Waals surface area contributed by atoms with E-state index in [1.54, 1.807) is 0 Å². The number of ether oxygens (including phenoxy) is 3. The van der Waals surface area contributed by atoms with Crippen molar-refractivity contribution in [2.75, 3.05) is 33.4 Å². The highest BCUT2D eigenvalue weighted by Gasteiger charge is 2.37. The number of fused-ring (bicyclic) bond motifs is 4. The lowest BCUT2D eigenvalue weighted by molar-refractivity contribution is -0.0367. The number of benzene rings is 1. The van der Waals surface area contributed by atoms with Crippen molar-refractivity contribution in [1.82, 2.24) is 34.2 Å². The van der Waals surface area contributed by atoms with Gasteiger partial charge in [-0.05, 0) is 87.6 Å². The maximum absolute atomic E-state index is 6.76. The Morgan fingerprint density at radius 2 is 1.88 bits per heavy atom. The standard InChI is InChI=1S/C37H55N7O4Si/c1-10-27-24-41(6)25-33-28(35(45-11-2)40-43(33)19-21-47-49(8,9)37(3,4)5)16-17-31-29-22-26(30-23-38-42(7)36(30)48-27)15-18-32(29)44(39-31)34-14-12-13-20-46-34/h15-18,22-23,27,34H,10-14,19-21,24-25H2,1-9H3/b17-16+/t27-,34?/m1/s1. The van der Waals surface area contributed by atoms with Crippen molar-refractivity contribution in [1.29, 1.82) is 0 Å². The molecule has 11 nitrogen and oxygen atoms in total. The first-order valence-corrected chi connectivity index (χ1v) is 20.9. The van der Waals surface area contributed by atoms with Gasteiger partial charge in [0.2, 0.25) is 11.8 Å². The summed E-state index contributed by atoms with van der Waals surface area (Å²) in [5.41, 5.74) is 5.96. The number of hydrogen-bond acceptors (Lipinski definition) is 8. The summed E-state index contributed by atoms with van der Waals surface area (Å²) in [7, 11) is 2.16. The summed E-state index contributed by atoms with van der Waals surface area (Å²) in [6.07, 6.45) is 10.0. The molecule has 6 rings (SSSR count). The van der Waals surface area contributed by atoms with E-state index in [0.717, 1.165) is 83.7 Å². The van der Waals surface area contributed by atoms with E-state index in [0.29, 0.717) is 32.2 Å². The molecule has 0 saturated carbocycles. The second-order valence-corrected chi connectivity index (χ2v) is 19.8. The fourth-order valence-corrected chi connectivity index (χ4v) is 7.48. The van der Waals surface area contributed by atoms with Crippen LogP contribution in [0.15, 0.2) is 24.4 Å². The maximum Gasteiger partial charge on any atom is 0.240 e. The smallest absolute Gasteiger partial charge is 0.240 e. The topological polar surface area (TPSA) is 93.6 Å². The molecule has 2 bridgehead atoms. The summed E-state index contributed by atoms with van der Waals surface area (Å²) >= 11 is 0. The number of nitrogens with zero attached hydrogens (tertiary/aromatic N) is 7. The van der Waals surface area contributed by atoms with Crippen LogP contribution in [0, 0.1) is 0 Å². The van der Waals surface area contributed by atoms with Crippen LogP contribution in [0.4, 0.5) is 0 Å². The zero-order valence-electron chi connectivity index (χ0n) is 31.0. The van der Waals surface area contributed by atoms with E-state index in [1.807, 2.05) is 24.9 Å². The normalized spacial score (nSPS) is 20.0. The fourth-order valence-electron chi connectivity index (χ4n) is 6.45. The van der Waals surface area contributed by atoms with Crippen molar-refractivity contribution in [3.63, 3.8) is 0 Å². The summed E-state index contributed by atoms with van der Waals surface area (Å²) in [6.45, 7) is 19.5. The van der Waals surface area contributed by atoms with Gasteiger partial charge in [0, 0.05) is 32.1 Å². The third-order valence-corrected chi connectivity index (χ3v) is 14.9. The van der Waals surface area contributed by atoms with Gasteiger partial charge in [-0.1, -0.05) is 33.8 Å². The van der Waals surface area contributed by atoms with Crippen LogP contribution in [0.2, 0.25) is 18.1 Å². The Balaban J connectivity index is 1.48. The molecule has 1 aromatic carbocycles. The lowest BCUT2D eigenvalue weighted by atomic mass is 10.0.